The zero-order valence-electron chi connectivity index (χ0n) is 14.8. The van der Waals surface area contributed by atoms with Crippen LogP contribution < -0.4 is 15.8 Å². The van der Waals surface area contributed by atoms with Crippen LogP contribution in [-0.4, -0.2) is 40.2 Å². The highest BCUT2D eigenvalue weighted by molar-refractivity contribution is 5.78. The molecule has 1 aliphatic carbocycles. The van der Waals surface area contributed by atoms with Gasteiger partial charge in [0.05, 0.1) is 17.8 Å². The SMILES string of the molecule is Cc1cc(CC(=O)NC2CC(c3cc(=O)[nH]c(N4CCCC4)n3)C2)on1. The number of carbonyl (C=O) groups excluding carboxylic acids is 1. The summed E-state index contributed by atoms with van der Waals surface area (Å²) in [5.41, 5.74) is 1.49. The van der Waals surface area contributed by atoms with Crippen LogP contribution >= 0.6 is 0 Å². The van der Waals surface area contributed by atoms with E-state index in [2.05, 4.69) is 25.3 Å². The predicted molar refractivity (Wildman–Crippen MR) is 95.2 cm³/mol. The van der Waals surface area contributed by atoms with Crippen molar-refractivity contribution in [3.63, 3.8) is 0 Å². The Kier molecular flexibility index (Phi) is 4.48. The van der Waals surface area contributed by atoms with Crippen molar-refractivity contribution in [1.82, 2.24) is 20.4 Å². The van der Waals surface area contributed by atoms with Crippen molar-refractivity contribution in [3.05, 3.63) is 39.6 Å². The molecule has 2 aromatic rings. The summed E-state index contributed by atoms with van der Waals surface area (Å²) in [6, 6.07) is 3.47. The van der Waals surface area contributed by atoms with Crippen LogP contribution in [0.1, 0.15) is 48.7 Å². The summed E-state index contributed by atoms with van der Waals surface area (Å²) in [5.74, 6) is 1.40. The molecule has 26 heavy (non-hydrogen) atoms. The van der Waals surface area contributed by atoms with Crippen molar-refractivity contribution in [2.24, 2.45) is 0 Å². The van der Waals surface area contributed by atoms with Crippen LogP contribution in [0.3, 0.4) is 0 Å². The molecular formula is C18H23N5O3. The molecule has 2 N–H and O–H groups in total. The van der Waals surface area contributed by atoms with Gasteiger partial charge in [0.25, 0.3) is 5.56 Å². The van der Waals surface area contributed by atoms with Gasteiger partial charge in [-0.2, -0.15) is 0 Å². The topological polar surface area (TPSA) is 104 Å². The Labute approximate surface area is 151 Å². The van der Waals surface area contributed by atoms with Crippen LogP contribution in [0.15, 0.2) is 21.5 Å². The van der Waals surface area contributed by atoms with Crippen molar-refractivity contribution in [2.75, 3.05) is 18.0 Å². The minimum atomic E-state index is -0.106. The van der Waals surface area contributed by atoms with E-state index < -0.39 is 0 Å². The highest BCUT2D eigenvalue weighted by atomic mass is 16.5. The lowest BCUT2D eigenvalue weighted by Gasteiger charge is -2.35. The van der Waals surface area contributed by atoms with E-state index in [1.165, 1.54) is 0 Å². The van der Waals surface area contributed by atoms with E-state index in [1.54, 1.807) is 12.1 Å². The van der Waals surface area contributed by atoms with E-state index >= 15 is 0 Å². The summed E-state index contributed by atoms with van der Waals surface area (Å²) in [5, 5.41) is 6.79. The number of hydrogen-bond acceptors (Lipinski definition) is 6. The number of rotatable bonds is 5. The molecule has 8 heteroatoms. The molecule has 4 rings (SSSR count). The molecule has 1 aliphatic heterocycles. The molecule has 2 fully saturated rings. The molecule has 0 unspecified atom stereocenters. The number of aromatic nitrogens is 3. The summed E-state index contributed by atoms with van der Waals surface area (Å²) in [6.45, 7) is 3.71. The van der Waals surface area contributed by atoms with E-state index in [0.29, 0.717) is 11.7 Å². The molecule has 138 valence electrons. The van der Waals surface area contributed by atoms with Gasteiger partial charge in [-0.05, 0) is 32.6 Å². The number of aromatic amines is 1. The summed E-state index contributed by atoms with van der Waals surface area (Å²) >= 11 is 0. The molecular weight excluding hydrogens is 334 g/mol. The standard InChI is InChI=1S/C18H23N5O3/c1-11-6-14(26-22-11)9-16(24)19-13-7-12(8-13)15-10-17(25)21-18(20-15)23-4-2-3-5-23/h6,10,12-13H,2-5,7-9H2,1H3,(H,19,24)(H,20,21,25). The number of nitrogens with one attached hydrogen (secondary N) is 2. The monoisotopic (exact) mass is 357 g/mol. The van der Waals surface area contributed by atoms with Gasteiger partial charge in [-0.15, -0.1) is 0 Å². The fourth-order valence-corrected chi connectivity index (χ4v) is 3.66. The van der Waals surface area contributed by atoms with Gasteiger partial charge in [-0.3, -0.25) is 14.6 Å². The average molecular weight is 357 g/mol. The first-order chi connectivity index (χ1) is 12.6. The average Bonchev–Trinajstić information content (AvgIpc) is 3.21. The van der Waals surface area contributed by atoms with E-state index in [4.69, 9.17) is 4.52 Å². The number of hydrogen-bond donors (Lipinski definition) is 2. The largest absolute Gasteiger partial charge is 0.361 e. The second-order valence-corrected chi connectivity index (χ2v) is 7.23. The minimum Gasteiger partial charge on any atom is -0.361 e. The van der Waals surface area contributed by atoms with Crippen LogP contribution in [0.5, 0.6) is 0 Å². The summed E-state index contributed by atoms with van der Waals surface area (Å²) < 4.78 is 5.07. The number of anilines is 1. The lowest BCUT2D eigenvalue weighted by atomic mass is 9.78. The van der Waals surface area contributed by atoms with Gasteiger partial charge in [0.15, 0.2) is 0 Å². The molecule has 0 spiro atoms. The highest BCUT2D eigenvalue weighted by Crippen LogP contribution is 2.36. The molecule has 2 aliphatic rings. The van der Waals surface area contributed by atoms with Crippen LogP contribution in [-0.2, 0) is 11.2 Å². The van der Waals surface area contributed by atoms with Crippen molar-refractivity contribution < 1.29 is 9.32 Å². The molecule has 3 heterocycles. The van der Waals surface area contributed by atoms with Gasteiger partial charge in [-0.25, -0.2) is 4.98 Å². The maximum Gasteiger partial charge on any atom is 0.252 e. The van der Waals surface area contributed by atoms with Crippen molar-refractivity contribution in [3.8, 4) is 0 Å². The van der Waals surface area contributed by atoms with E-state index in [9.17, 15) is 9.59 Å². The second kappa shape index (κ2) is 6.93. The van der Waals surface area contributed by atoms with Gasteiger partial charge in [0, 0.05) is 37.2 Å². The quantitative estimate of drug-likeness (QED) is 0.835. The summed E-state index contributed by atoms with van der Waals surface area (Å²) in [7, 11) is 0. The van der Waals surface area contributed by atoms with E-state index in [1.807, 2.05) is 6.92 Å². The Morgan fingerprint density at radius 1 is 1.35 bits per heavy atom. The number of H-pyrrole nitrogens is 1. The number of amides is 1. The van der Waals surface area contributed by atoms with Crippen LogP contribution in [0.2, 0.25) is 0 Å². The molecule has 0 atom stereocenters. The van der Waals surface area contributed by atoms with Crippen molar-refractivity contribution in [1.29, 1.82) is 0 Å². The zero-order valence-corrected chi connectivity index (χ0v) is 14.8. The van der Waals surface area contributed by atoms with E-state index in [0.717, 1.165) is 50.2 Å². The maximum absolute atomic E-state index is 12.1. The Morgan fingerprint density at radius 2 is 2.12 bits per heavy atom. The first-order valence-corrected chi connectivity index (χ1v) is 9.14. The Bertz CT molecular complexity index is 847. The van der Waals surface area contributed by atoms with Crippen molar-refractivity contribution in [2.45, 2.75) is 51.0 Å². The lowest BCUT2D eigenvalue weighted by Crippen LogP contribution is -2.44. The number of aryl methyl sites for hydroxylation is 1. The summed E-state index contributed by atoms with van der Waals surface area (Å²) in [6.07, 6.45) is 4.07. The Morgan fingerprint density at radius 3 is 2.81 bits per heavy atom. The third-order valence-corrected chi connectivity index (χ3v) is 5.09. The van der Waals surface area contributed by atoms with Crippen molar-refractivity contribution >= 4 is 11.9 Å². The van der Waals surface area contributed by atoms with Gasteiger partial charge in [0.2, 0.25) is 11.9 Å². The molecule has 1 saturated carbocycles. The zero-order chi connectivity index (χ0) is 18.1. The fraction of sp³-hybridized carbons (Fsp3) is 0.556. The number of nitrogens with zero attached hydrogens (tertiary/aromatic N) is 3. The normalized spacial score (nSPS) is 22.3. The Balaban J connectivity index is 1.33. The minimum absolute atomic E-state index is 0.0683. The molecule has 8 nitrogen and oxygen atoms in total. The third kappa shape index (κ3) is 3.63. The van der Waals surface area contributed by atoms with Crippen LogP contribution in [0.25, 0.3) is 0 Å². The molecule has 0 bridgehead atoms. The smallest absolute Gasteiger partial charge is 0.252 e. The third-order valence-electron chi connectivity index (χ3n) is 5.09. The van der Waals surface area contributed by atoms with Crippen LogP contribution in [0.4, 0.5) is 5.95 Å². The molecule has 0 aromatic carbocycles. The second-order valence-electron chi connectivity index (χ2n) is 7.23. The van der Waals surface area contributed by atoms with Crippen LogP contribution in [0, 0.1) is 6.92 Å². The fourth-order valence-electron chi connectivity index (χ4n) is 3.66. The first-order valence-electron chi connectivity index (χ1n) is 9.14. The Hall–Kier alpha value is -2.64. The predicted octanol–water partition coefficient (Wildman–Crippen LogP) is 1.27. The maximum atomic E-state index is 12.1. The van der Waals surface area contributed by atoms with E-state index in [-0.39, 0.29) is 29.8 Å². The molecule has 1 amide bonds. The lowest BCUT2D eigenvalue weighted by molar-refractivity contribution is -0.122. The number of carbonyl (C=O) groups is 1. The van der Waals surface area contributed by atoms with Gasteiger partial charge in [-0.1, -0.05) is 5.16 Å². The first kappa shape index (κ1) is 16.8. The van der Waals surface area contributed by atoms with Gasteiger partial charge >= 0.3 is 0 Å². The van der Waals surface area contributed by atoms with Gasteiger partial charge in [0.1, 0.15) is 5.76 Å². The molecule has 0 radical (unpaired) electrons. The molecule has 1 saturated heterocycles. The van der Waals surface area contributed by atoms with Gasteiger partial charge < -0.3 is 14.7 Å². The molecule has 2 aromatic heterocycles. The highest BCUT2D eigenvalue weighted by Gasteiger charge is 2.33. The summed E-state index contributed by atoms with van der Waals surface area (Å²) in [4.78, 5) is 33.7.